The van der Waals surface area contributed by atoms with Crippen LogP contribution in [0.4, 0.5) is 0 Å². The second kappa shape index (κ2) is 5.82. The van der Waals surface area contributed by atoms with Crippen LogP contribution in [0.25, 0.3) is 0 Å². The molecule has 3 rings (SSSR count). The van der Waals surface area contributed by atoms with Crippen molar-refractivity contribution in [3.63, 3.8) is 0 Å². The number of ether oxygens (including phenoxy) is 1. The molecule has 108 valence electrons. The molecule has 3 heteroatoms. The van der Waals surface area contributed by atoms with Crippen LogP contribution in [0.5, 0.6) is 0 Å². The average Bonchev–Trinajstić information content (AvgIpc) is 2.39. The van der Waals surface area contributed by atoms with Gasteiger partial charge in [-0.05, 0) is 57.5 Å². The summed E-state index contributed by atoms with van der Waals surface area (Å²) in [6, 6.07) is 0.682. The third-order valence-corrected chi connectivity index (χ3v) is 5.49. The number of carbonyl (C=O) groups excluding carboxylic acids is 1. The lowest BCUT2D eigenvalue weighted by Gasteiger charge is -2.50. The van der Waals surface area contributed by atoms with Gasteiger partial charge in [0.05, 0.1) is 0 Å². The van der Waals surface area contributed by atoms with Crippen LogP contribution in [0.15, 0.2) is 0 Å². The number of hydrogen-bond donors (Lipinski definition) is 0. The summed E-state index contributed by atoms with van der Waals surface area (Å²) < 4.78 is 5.71. The molecule has 1 heterocycles. The zero-order valence-corrected chi connectivity index (χ0v) is 12.1. The van der Waals surface area contributed by atoms with Crippen LogP contribution >= 0.6 is 0 Å². The first-order chi connectivity index (χ1) is 9.25. The van der Waals surface area contributed by atoms with Gasteiger partial charge in [-0.3, -0.25) is 9.69 Å². The summed E-state index contributed by atoms with van der Waals surface area (Å²) in [7, 11) is 0. The topological polar surface area (TPSA) is 29.5 Å². The minimum atomic E-state index is -0.0822. The third-order valence-electron chi connectivity index (χ3n) is 5.49. The zero-order chi connectivity index (χ0) is 13.2. The maximum Gasteiger partial charge on any atom is 0.302 e. The van der Waals surface area contributed by atoms with Gasteiger partial charge in [0.2, 0.25) is 0 Å². The first-order valence-electron chi connectivity index (χ1n) is 8.17. The van der Waals surface area contributed by atoms with Crippen LogP contribution in [-0.4, -0.2) is 36.1 Å². The summed E-state index contributed by atoms with van der Waals surface area (Å²) in [5, 5.41) is 0. The monoisotopic (exact) mass is 265 g/mol. The Morgan fingerprint density at radius 2 is 1.79 bits per heavy atom. The second-order valence-electron chi connectivity index (χ2n) is 6.67. The van der Waals surface area contributed by atoms with Gasteiger partial charge in [0.15, 0.2) is 0 Å². The highest BCUT2D eigenvalue weighted by atomic mass is 16.5. The molecule has 0 unspecified atom stereocenters. The predicted octanol–water partition coefficient (Wildman–Crippen LogP) is 2.98. The standard InChI is InChI=1S/C16H27NO2/c1-12(18)19-16-13-6-5-7-14(16)15(9-8-13)17-10-3-2-4-11-17/h13-16H,2-11H2,1H3/t13-,14-,15+,16+/m0/s1. The molecule has 1 saturated heterocycles. The first kappa shape index (κ1) is 13.4. The fourth-order valence-electron chi connectivity index (χ4n) is 4.69. The van der Waals surface area contributed by atoms with E-state index in [0.717, 1.165) is 0 Å². The van der Waals surface area contributed by atoms with Crippen LogP contribution in [0.3, 0.4) is 0 Å². The maximum absolute atomic E-state index is 11.4. The lowest BCUT2D eigenvalue weighted by atomic mass is 9.67. The van der Waals surface area contributed by atoms with Gasteiger partial charge in [0.25, 0.3) is 0 Å². The summed E-state index contributed by atoms with van der Waals surface area (Å²) in [4.78, 5) is 14.1. The molecule has 2 aliphatic carbocycles. The molecule has 0 aromatic rings. The Hall–Kier alpha value is -0.570. The van der Waals surface area contributed by atoms with E-state index in [1.807, 2.05) is 0 Å². The summed E-state index contributed by atoms with van der Waals surface area (Å²) in [6.45, 7) is 4.09. The molecule has 2 saturated carbocycles. The third kappa shape index (κ3) is 2.81. The normalized spacial score (nSPS) is 39.8. The van der Waals surface area contributed by atoms with Crippen LogP contribution in [0.1, 0.15) is 58.3 Å². The van der Waals surface area contributed by atoms with E-state index in [2.05, 4.69) is 4.90 Å². The number of piperidine rings is 1. The van der Waals surface area contributed by atoms with E-state index in [4.69, 9.17) is 4.74 Å². The van der Waals surface area contributed by atoms with E-state index in [-0.39, 0.29) is 12.1 Å². The van der Waals surface area contributed by atoms with Crippen LogP contribution in [-0.2, 0) is 9.53 Å². The van der Waals surface area contributed by atoms with E-state index in [9.17, 15) is 4.79 Å². The van der Waals surface area contributed by atoms with Gasteiger partial charge in [0.1, 0.15) is 6.10 Å². The molecule has 3 fully saturated rings. The van der Waals surface area contributed by atoms with Crippen LogP contribution in [0.2, 0.25) is 0 Å². The summed E-state index contributed by atoms with van der Waals surface area (Å²) >= 11 is 0. The van der Waals surface area contributed by atoms with Crippen molar-refractivity contribution < 1.29 is 9.53 Å². The molecule has 0 aromatic carbocycles. The fraction of sp³-hybridized carbons (Fsp3) is 0.938. The van der Waals surface area contributed by atoms with Gasteiger partial charge in [-0.1, -0.05) is 12.8 Å². The van der Waals surface area contributed by atoms with E-state index >= 15 is 0 Å². The number of fused-ring (bicyclic) bond motifs is 2. The Morgan fingerprint density at radius 3 is 2.53 bits per heavy atom. The van der Waals surface area contributed by atoms with Crippen LogP contribution < -0.4 is 0 Å². The number of nitrogens with zero attached hydrogens (tertiary/aromatic N) is 1. The highest BCUT2D eigenvalue weighted by molar-refractivity contribution is 5.66. The van der Waals surface area contributed by atoms with Gasteiger partial charge in [-0.15, -0.1) is 0 Å². The van der Waals surface area contributed by atoms with Crippen molar-refractivity contribution in [2.75, 3.05) is 13.1 Å². The molecule has 3 aliphatic rings. The average molecular weight is 265 g/mol. The summed E-state index contributed by atoms with van der Waals surface area (Å²) in [5.74, 6) is 1.17. The van der Waals surface area contributed by atoms with Crippen molar-refractivity contribution in [3.8, 4) is 0 Å². The van der Waals surface area contributed by atoms with Crippen molar-refractivity contribution in [2.45, 2.75) is 70.4 Å². The highest BCUT2D eigenvalue weighted by Gasteiger charge is 2.45. The smallest absolute Gasteiger partial charge is 0.302 e. The molecule has 1 aliphatic heterocycles. The Balaban J connectivity index is 1.72. The van der Waals surface area contributed by atoms with Gasteiger partial charge in [-0.25, -0.2) is 0 Å². The van der Waals surface area contributed by atoms with Crippen molar-refractivity contribution >= 4 is 5.97 Å². The maximum atomic E-state index is 11.4. The quantitative estimate of drug-likeness (QED) is 0.719. The Labute approximate surface area is 116 Å². The number of esters is 1. The van der Waals surface area contributed by atoms with Crippen molar-refractivity contribution in [3.05, 3.63) is 0 Å². The molecule has 0 radical (unpaired) electrons. The van der Waals surface area contributed by atoms with E-state index < -0.39 is 0 Å². The number of rotatable bonds is 2. The molecular formula is C16H27NO2. The molecule has 2 bridgehead atoms. The predicted molar refractivity (Wildman–Crippen MR) is 74.8 cm³/mol. The van der Waals surface area contributed by atoms with Gasteiger partial charge < -0.3 is 4.74 Å². The van der Waals surface area contributed by atoms with Crippen molar-refractivity contribution in [1.82, 2.24) is 4.90 Å². The van der Waals surface area contributed by atoms with Crippen LogP contribution in [0, 0.1) is 11.8 Å². The van der Waals surface area contributed by atoms with Gasteiger partial charge in [-0.2, -0.15) is 0 Å². The number of carbonyl (C=O) groups is 1. The van der Waals surface area contributed by atoms with E-state index in [1.54, 1.807) is 6.92 Å². The second-order valence-corrected chi connectivity index (χ2v) is 6.67. The molecule has 0 N–H and O–H groups in total. The lowest BCUT2D eigenvalue weighted by Crippen LogP contribution is -2.54. The molecule has 19 heavy (non-hydrogen) atoms. The molecule has 3 nitrogen and oxygen atoms in total. The van der Waals surface area contributed by atoms with Gasteiger partial charge >= 0.3 is 5.97 Å². The van der Waals surface area contributed by atoms with Crippen molar-refractivity contribution in [2.24, 2.45) is 11.8 Å². The zero-order valence-electron chi connectivity index (χ0n) is 12.1. The summed E-state index contributed by atoms with van der Waals surface area (Å²) in [6.07, 6.45) is 10.8. The minimum absolute atomic E-state index is 0.0822. The number of likely N-dealkylation sites (tertiary alicyclic amines) is 1. The Morgan fingerprint density at radius 1 is 1.00 bits per heavy atom. The van der Waals surface area contributed by atoms with E-state index in [1.165, 1.54) is 64.5 Å². The fourth-order valence-corrected chi connectivity index (χ4v) is 4.69. The lowest BCUT2D eigenvalue weighted by molar-refractivity contribution is -0.162. The molecule has 0 spiro atoms. The summed E-state index contributed by atoms with van der Waals surface area (Å²) in [5.41, 5.74) is 0. The number of hydrogen-bond acceptors (Lipinski definition) is 3. The molecular weight excluding hydrogens is 238 g/mol. The molecule has 0 amide bonds. The Kier molecular flexibility index (Phi) is 4.11. The molecule has 0 aromatic heterocycles. The largest absolute Gasteiger partial charge is 0.462 e. The highest BCUT2D eigenvalue weighted by Crippen LogP contribution is 2.44. The minimum Gasteiger partial charge on any atom is -0.462 e. The van der Waals surface area contributed by atoms with Gasteiger partial charge in [0, 0.05) is 18.9 Å². The Bertz CT molecular complexity index is 325. The van der Waals surface area contributed by atoms with E-state index in [0.29, 0.717) is 17.9 Å². The first-order valence-corrected chi connectivity index (χ1v) is 8.17. The van der Waals surface area contributed by atoms with Crippen molar-refractivity contribution in [1.29, 1.82) is 0 Å². The SMILES string of the molecule is CC(=O)O[C@@H]1[C@H]2CCC[C@H]1[C@H](N1CCCCC1)CC2. The molecule has 4 atom stereocenters.